The Morgan fingerprint density at radius 1 is 1.07 bits per heavy atom. The molecule has 0 bridgehead atoms. The van der Waals surface area contributed by atoms with Crippen LogP contribution in [0.15, 0.2) is 81.3 Å². The highest BCUT2D eigenvalue weighted by atomic mass is 79.9. The van der Waals surface area contributed by atoms with Gasteiger partial charge in [-0.2, -0.15) is 5.10 Å². The van der Waals surface area contributed by atoms with E-state index in [1.165, 1.54) is 23.6 Å². The minimum Gasteiger partial charge on any atom is -0.507 e. The minimum atomic E-state index is -0.589. The van der Waals surface area contributed by atoms with Crippen LogP contribution < -0.4 is 10.7 Å². The third kappa shape index (κ3) is 5.87. The molecule has 146 valence electrons. The Kier molecular flexibility index (Phi) is 6.94. The first-order valence-electron chi connectivity index (χ1n) is 8.46. The van der Waals surface area contributed by atoms with Crippen molar-refractivity contribution in [2.24, 2.45) is 5.10 Å². The maximum absolute atomic E-state index is 12.6. The number of rotatable bonds is 6. The first-order chi connectivity index (χ1) is 14.0. The summed E-state index contributed by atoms with van der Waals surface area (Å²) in [4.78, 5) is 25.9. The average molecular weight is 470 g/mol. The number of hydrogen-bond acceptors (Lipinski definition) is 5. The van der Waals surface area contributed by atoms with E-state index in [0.717, 1.165) is 9.35 Å². The summed E-state index contributed by atoms with van der Waals surface area (Å²) in [6.45, 7) is 0. The van der Waals surface area contributed by atoms with Gasteiger partial charge in [-0.3, -0.25) is 9.59 Å². The Balaban J connectivity index is 1.77. The second-order valence-corrected chi connectivity index (χ2v) is 7.69. The van der Waals surface area contributed by atoms with Gasteiger partial charge in [-0.1, -0.05) is 40.2 Å². The number of phenolic OH excluding ortho intramolecular Hbond substituents is 1. The van der Waals surface area contributed by atoms with Gasteiger partial charge in [-0.15, -0.1) is 11.3 Å². The van der Waals surface area contributed by atoms with Crippen molar-refractivity contribution in [2.45, 2.75) is 0 Å². The minimum absolute atomic E-state index is 0.0259. The second kappa shape index (κ2) is 9.81. The van der Waals surface area contributed by atoms with Gasteiger partial charge in [-0.05, 0) is 47.9 Å². The summed E-state index contributed by atoms with van der Waals surface area (Å²) in [5.74, 6) is -0.969. The molecule has 8 heteroatoms. The van der Waals surface area contributed by atoms with Gasteiger partial charge in [0.2, 0.25) is 0 Å². The Labute approximate surface area is 179 Å². The molecule has 0 fully saturated rings. The SMILES string of the molecule is O=C(N/N=C/c1cc(Br)ccc1O)/C(=C/c1cccs1)NC(=O)c1ccccc1. The molecular formula is C21H16BrN3O3S. The quantitative estimate of drug-likeness (QED) is 0.287. The van der Waals surface area contributed by atoms with Crippen molar-refractivity contribution in [3.8, 4) is 5.75 Å². The Bertz CT molecular complexity index is 1060. The van der Waals surface area contributed by atoms with Gasteiger partial charge in [0.1, 0.15) is 11.4 Å². The summed E-state index contributed by atoms with van der Waals surface area (Å²) < 4.78 is 0.761. The number of hydrazone groups is 1. The largest absolute Gasteiger partial charge is 0.507 e. The monoisotopic (exact) mass is 469 g/mol. The first-order valence-corrected chi connectivity index (χ1v) is 10.1. The lowest BCUT2D eigenvalue weighted by molar-refractivity contribution is -0.117. The van der Waals surface area contributed by atoms with E-state index in [1.807, 2.05) is 17.5 Å². The molecule has 0 saturated heterocycles. The molecular weight excluding hydrogens is 454 g/mol. The number of amides is 2. The number of carbonyl (C=O) groups is 2. The number of carbonyl (C=O) groups excluding carboxylic acids is 2. The maximum Gasteiger partial charge on any atom is 0.287 e. The van der Waals surface area contributed by atoms with Crippen LogP contribution in [0, 0.1) is 0 Å². The van der Waals surface area contributed by atoms with Crippen LogP contribution in [0.25, 0.3) is 6.08 Å². The van der Waals surface area contributed by atoms with E-state index in [2.05, 4.69) is 31.8 Å². The lowest BCUT2D eigenvalue weighted by Crippen LogP contribution is -2.32. The number of phenols is 1. The number of benzene rings is 2. The molecule has 29 heavy (non-hydrogen) atoms. The molecule has 0 aliphatic heterocycles. The number of nitrogens with one attached hydrogen (secondary N) is 2. The maximum atomic E-state index is 12.6. The highest BCUT2D eigenvalue weighted by molar-refractivity contribution is 9.10. The highest BCUT2D eigenvalue weighted by Crippen LogP contribution is 2.20. The summed E-state index contributed by atoms with van der Waals surface area (Å²) >= 11 is 4.74. The van der Waals surface area contributed by atoms with Gasteiger partial charge in [-0.25, -0.2) is 5.43 Å². The van der Waals surface area contributed by atoms with E-state index < -0.39 is 11.8 Å². The van der Waals surface area contributed by atoms with Crippen LogP contribution in [0.1, 0.15) is 20.8 Å². The van der Waals surface area contributed by atoms with Gasteiger partial charge in [0.25, 0.3) is 11.8 Å². The fourth-order valence-corrected chi connectivity index (χ4v) is 3.34. The van der Waals surface area contributed by atoms with Crippen molar-refractivity contribution < 1.29 is 14.7 Å². The Hall–Kier alpha value is -3.23. The van der Waals surface area contributed by atoms with E-state index in [9.17, 15) is 14.7 Å². The Morgan fingerprint density at radius 2 is 1.86 bits per heavy atom. The smallest absolute Gasteiger partial charge is 0.287 e. The van der Waals surface area contributed by atoms with E-state index >= 15 is 0 Å². The van der Waals surface area contributed by atoms with Crippen LogP contribution in [0.2, 0.25) is 0 Å². The van der Waals surface area contributed by atoms with Crippen molar-refractivity contribution in [2.75, 3.05) is 0 Å². The summed E-state index contributed by atoms with van der Waals surface area (Å²) in [5.41, 5.74) is 3.28. The van der Waals surface area contributed by atoms with Gasteiger partial charge >= 0.3 is 0 Å². The predicted octanol–water partition coefficient (Wildman–Crippen LogP) is 4.14. The molecule has 0 unspecified atom stereocenters. The molecule has 0 radical (unpaired) electrons. The summed E-state index contributed by atoms with van der Waals surface area (Å²) in [7, 11) is 0. The summed E-state index contributed by atoms with van der Waals surface area (Å²) in [5, 5.41) is 18.2. The third-order valence-corrected chi connectivity index (χ3v) is 5.03. The zero-order valence-electron chi connectivity index (χ0n) is 15.0. The molecule has 0 spiro atoms. The summed E-state index contributed by atoms with van der Waals surface area (Å²) in [6.07, 6.45) is 2.90. The molecule has 0 saturated carbocycles. The fraction of sp³-hybridized carbons (Fsp3) is 0. The van der Waals surface area contributed by atoms with Crippen molar-refractivity contribution in [3.63, 3.8) is 0 Å². The standard InChI is InChI=1S/C21H16BrN3O3S/c22-16-8-9-19(26)15(11-16)13-23-25-21(28)18(12-17-7-4-10-29-17)24-20(27)14-5-2-1-3-6-14/h1-13,26H,(H,24,27)(H,25,28)/b18-12-,23-13+. The van der Waals surface area contributed by atoms with Crippen LogP contribution in [0.4, 0.5) is 0 Å². The molecule has 0 aliphatic rings. The lowest BCUT2D eigenvalue weighted by atomic mass is 10.2. The van der Waals surface area contributed by atoms with Crippen LogP contribution in [-0.4, -0.2) is 23.1 Å². The van der Waals surface area contributed by atoms with Crippen molar-refractivity contribution in [1.29, 1.82) is 0 Å². The predicted molar refractivity (Wildman–Crippen MR) is 118 cm³/mol. The molecule has 6 nitrogen and oxygen atoms in total. The number of hydrogen-bond donors (Lipinski definition) is 3. The van der Waals surface area contributed by atoms with Gasteiger partial charge < -0.3 is 10.4 Å². The normalized spacial score (nSPS) is 11.4. The zero-order valence-corrected chi connectivity index (χ0v) is 17.4. The van der Waals surface area contributed by atoms with Crippen molar-refractivity contribution >= 4 is 51.4 Å². The fourth-order valence-electron chi connectivity index (χ4n) is 2.31. The number of nitrogens with zero attached hydrogens (tertiary/aromatic N) is 1. The summed E-state index contributed by atoms with van der Waals surface area (Å²) in [6, 6.07) is 17.1. The Morgan fingerprint density at radius 3 is 2.59 bits per heavy atom. The van der Waals surface area contributed by atoms with E-state index in [0.29, 0.717) is 11.1 Å². The van der Waals surface area contributed by atoms with Crippen molar-refractivity contribution in [1.82, 2.24) is 10.7 Å². The number of halogens is 1. The van der Waals surface area contributed by atoms with Gasteiger partial charge in [0.05, 0.1) is 6.21 Å². The van der Waals surface area contributed by atoms with Crippen LogP contribution in [-0.2, 0) is 4.79 Å². The third-order valence-electron chi connectivity index (χ3n) is 3.72. The van der Waals surface area contributed by atoms with Crippen LogP contribution in [0.3, 0.4) is 0 Å². The molecule has 3 rings (SSSR count). The average Bonchev–Trinajstić information content (AvgIpc) is 3.23. The van der Waals surface area contributed by atoms with Crippen LogP contribution >= 0.6 is 27.3 Å². The molecule has 2 amide bonds. The molecule has 0 atom stereocenters. The highest BCUT2D eigenvalue weighted by Gasteiger charge is 2.14. The first kappa shape index (κ1) is 20.5. The van der Waals surface area contributed by atoms with Crippen molar-refractivity contribution in [3.05, 3.63) is 92.2 Å². The molecule has 0 aliphatic carbocycles. The van der Waals surface area contributed by atoms with Crippen LogP contribution in [0.5, 0.6) is 5.75 Å². The zero-order chi connectivity index (χ0) is 20.6. The van der Waals surface area contributed by atoms with E-state index in [4.69, 9.17) is 0 Å². The number of aromatic hydroxyl groups is 1. The molecule has 1 heterocycles. The molecule has 1 aromatic heterocycles. The van der Waals surface area contributed by atoms with Gasteiger partial charge in [0, 0.05) is 20.5 Å². The molecule has 3 N–H and O–H groups in total. The van der Waals surface area contributed by atoms with Gasteiger partial charge in [0.15, 0.2) is 0 Å². The topological polar surface area (TPSA) is 90.8 Å². The molecule has 3 aromatic rings. The van der Waals surface area contributed by atoms with E-state index in [-0.39, 0.29) is 11.4 Å². The number of thiophene rings is 1. The molecule has 2 aromatic carbocycles. The second-order valence-electron chi connectivity index (χ2n) is 5.80. The lowest BCUT2D eigenvalue weighted by Gasteiger charge is -2.08. The van der Waals surface area contributed by atoms with E-state index in [1.54, 1.807) is 48.5 Å².